The monoisotopic (exact) mass is 321 g/mol. The number of aliphatic hydroxyl groups excluding tert-OH is 1. The van der Waals surface area contributed by atoms with Gasteiger partial charge in [-0.2, -0.15) is 0 Å². The third-order valence-corrected chi connectivity index (χ3v) is 4.43. The summed E-state index contributed by atoms with van der Waals surface area (Å²) in [5.41, 5.74) is 2.04. The van der Waals surface area contributed by atoms with Crippen molar-refractivity contribution < 1.29 is 9.84 Å². The van der Waals surface area contributed by atoms with Crippen molar-refractivity contribution in [3.8, 4) is 0 Å². The Morgan fingerprint density at radius 1 is 1.37 bits per heavy atom. The van der Waals surface area contributed by atoms with Crippen LogP contribution in [-0.4, -0.2) is 23.3 Å². The van der Waals surface area contributed by atoms with Gasteiger partial charge < -0.3 is 9.84 Å². The van der Waals surface area contributed by atoms with Crippen molar-refractivity contribution in [3.05, 3.63) is 40.5 Å². The van der Waals surface area contributed by atoms with Gasteiger partial charge in [-0.15, -0.1) is 0 Å². The first kappa shape index (κ1) is 13.0. The summed E-state index contributed by atoms with van der Waals surface area (Å²) in [6, 6.07) is 8.07. The van der Waals surface area contributed by atoms with Crippen LogP contribution >= 0.6 is 15.9 Å². The summed E-state index contributed by atoms with van der Waals surface area (Å²) in [6.07, 6.45) is 3.77. The molecule has 1 aromatic carbocycles. The number of benzene rings is 1. The van der Waals surface area contributed by atoms with Gasteiger partial charge in [0.15, 0.2) is 0 Å². The van der Waals surface area contributed by atoms with E-state index in [1.165, 1.54) is 0 Å². The Balaban J connectivity index is 2.11. The lowest BCUT2D eigenvalue weighted by Crippen LogP contribution is -2.25. The second-order valence-electron chi connectivity index (χ2n) is 4.91. The summed E-state index contributed by atoms with van der Waals surface area (Å²) in [4.78, 5) is 4.49. The Hall–Kier alpha value is -0.970. The number of hydrogen-bond donors (Lipinski definition) is 1. The normalized spacial score (nSPS) is 23.7. The lowest BCUT2D eigenvalue weighted by Gasteiger charge is -2.31. The highest BCUT2D eigenvalue weighted by Crippen LogP contribution is 2.37. The van der Waals surface area contributed by atoms with Crippen molar-refractivity contribution in [2.24, 2.45) is 5.92 Å². The van der Waals surface area contributed by atoms with Crippen LogP contribution in [0, 0.1) is 5.92 Å². The standard InChI is InChI=1S/C15H16BrNO2/c16-13-6-5-12(14-11(13)4-1-7-17-14)15-10(9-18)3-2-8-19-15/h1,4-7,10,15,18H,2-3,8-9H2. The first-order valence-corrected chi connectivity index (χ1v) is 7.36. The van der Waals surface area contributed by atoms with Gasteiger partial charge in [0, 0.05) is 40.8 Å². The summed E-state index contributed by atoms with van der Waals surface area (Å²) in [6.45, 7) is 0.917. The van der Waals surface area contributed by atoms with E-state index in [0.717, 1.165) is 40.4 Å². The number of aliphatic hydroxyl groups is 1. The van der Waals surface area contributed by atoms with Crippen LogP contribution in [0.25, 0.3) is 10.9 Å². The summed E-state index contributed by atoms with van der Waals surface area (Å²) in [5, 5.41) is 10.6. The predicted molar refractivity (Wildman–Crippen MR) is 77.9 cm³/mol. The third kappa shape index (κ3) is 2.40. The molecule has 0 radical (unpaired) electrons. The molecule has 1 aromatic heterocycles. The summed E-state index contributed by atoms with van der Waals surface area (Å²) in [7, 11) is 0. The maximum atomic E-state index is 9.54. The van der Waals surface area contributed by atoms with Crippen LogP contribution in [0.5, 0.6) is 0 Å². The number of hydrogen-bond acceptors (Lipinski definition) is 3. The van der Waals surface area contributed by atoms with Crippen molar-refractivity contribution in [1.29, 1.82) is 0 Å². The van der Waals surface area contributed by atoms with Crippen LogP contribution in [0.1, 0.15) is 24.5 Å². The fourth-order valence-corrected chi connectivity index (χ4v) is 3.22. The van der Waals surface area contributed by atoms with Crippen LogP contribution in [0.15, 0.2) is 34.9 Å². The number of nitrogens with zero attached hydrogens (tertiary/aromatic N) is 1. The molecule has 4 heteroatoms. The van der Waals surface area contributed by atoms with Gasteiger partial charge in [0.2, 0.25) is 0 Å². The van der Waals surface area contributed by atoms with Gasteiger partial charge in [-0.05, 0) is 25.0 Å². The molecule has 0 bridgehead atoms. The molecule has 1 N–H and O–H groups in total. The van der Waals surface area contributed by atoms with Crippen LogP contribution in [0.4, 0.5) is 0 Å². The summed E-state index contributed by atoms with van der Waals surface area (Å²) < 4.78 is 6.94. The molecule has 0 aliphatic carbocycles. The van der Waals surface area contributed by atoms with Crippen molar-refractivity contribution in [2.45, 2.75) is 18.9 Å². The Labute approximate surface area is 120 Å². The minimum absolute atomic E-state index is 0.0516. The van der Waals surface area contributed by atoms with Gasteiger partial charge in [-0.25, -0.2) is 0 Å². The molecule has 2 aromatic rings. The number of rotatable bonds is 2. The van der Waals surface area contributed by atoms with E-state index in [1.807, 2.05) is 18.2 Å². The molecule has 0 spiro atoms. The molecule has 2 unspecified atom stereocenters. The van der Waals surface area contributed by atoms with E-state index < -0.39 is 0 Å². The van der Waals surface area contributed by atoms with Gasteiger partial charge in [-0.1, -0.05) is 28.1 Å². The zero-order valence-corrected chi connectivity index (χ0v) is 12.1. The number of halogens is 1. The smallest absolute Gasteiger partial charge is 0.0895 e. The van der Waals surface area contributed by atoms with E-state index >= 15 is 0 Å². The molecule has 2 atom stereocenters. The van der Waals surface area contributed by atoms with E-state index in [0.29, 0.717) is 0 Å². The minimum Gasteiger partial charge on any atom is -0.396 e. The van der Waals surface area contributed by atoms with Crippen LogP contribution in [-0.2, 0) is 4.74 Å². The summed E-state index contributed by atoms with van der Waals surface area (Å²) >= 11 is 3.56. The fourth-order valence-electron chi connectivity index (χ4n) is 2.76. The van der Waals surface area contributed by atoms with Gasteiger partial charge in [0.1, 0.15) is 0 Å². The lowest BCUT2D eigenvalue weighted by molar-refractivity contribution is -0.0450. The van der Waals surface area contributed by atoms with E-state index in [-0.39, 0.29) is 18.6 Å². The SMILES string of the molecule is OCC1CCCOC1c1ccc(Br)c2cccnc12. The molecule has 1 saturated heterocycles. The van der Waals surface area contributed by atoms with E-state index in [2.05, 4.69) is 27.0 Å². The lowest BCUT2D eigenvalue weighted by atomic mass is 9.89. The molecule has 3 rings (SSSR count). The predicted octanol–water partition coefficient (Wildman–Crippen LogP) is 3.46. The average Bonchev–Trinajstić information content (AvgIpc) is 2.48. The molecule has 2 heterocycles. The van der Waals surface area contributed by atoms with Crippen LogP contribution < -0.4 is 0 Å². The first-order valence-electron chi connectivity index (χ1n) is 6.57. The zero-order chi connectivity index (χ0) is 13.2. The highest BCUT2D eigenvalue weighted by Gasteiger charge is 2.28. The quantitative estimate of drug-likeness (QED) is 0.921. The highest BCUT2D eigenvalue weighted by atomic mass is 79.9. The zero-order valence-electron chi connectivity index (χ0n) is 10.6. The third-order valence-electron chi connectivity index (χ3n) is 3.73. The maximum absolute atomic E-state index is 9.54. The van der Waals surface area contributed by atoms with Crippen molar-refractivity contribution >= 4 is 26.8 Å². The molecular weight excluding hydrogens is 306 g/mol. The highest BCUT2D eigenvalue weighted by molar-refractivity contribution is 9.10. The Kier molecular flexibility index (Phi) is 3.82. The molecule has 0 saturated carbocycles. The second-order valence-corrected chi connectivity index (χ2v) is 5.77. The van der Waals surface area contributed by atoms with Crippen molar-refractivity contribution in [1.82, 2.24) is 4.98 Å². The molecule has 1 aliphatic rings. The molecule has 1 aliphatic heterocycles. The van der Waals surface area contributed by atoms with E-state index in [9.17, 15) is 5.11 Å². The molecule has 3 nitrogen and oxygen atoms in total. The van der Waals surface area contributed by atoms with E-state index in [4.69, 9.17) is 4.74 Å². The molecule has 19 heavy (non-hydrogen) atoms. The van der Waals surface area contributed by atoms with Crippen molar-refractivity contribution in [2.75, 3.05) is 13.2 Å². The topological polar surface area (TPSA) is 42.4 Å². The van der Waals surface area contributed by atoms with Gasteiger partial charge in [-0.3, -0.25) is 4.98 Å². The van der Waals surface area contributed by atoms with Gasteiger partial charge in [0.25, 0.3) is 0 Å². The molecule has 1 fully saturated rings. The molecular formula is C15H16BrNO2. The van der Waals surface area contributed by atoms with E-state index in [1.54, 1.807) is 6.20 Å². The Morgan fingerprint density at radius 3 is 3.11 bits per heavy atom. The second kappa shape index (κ2) is 5.57. The molecule has 0 amide bonds. The molecule has 100 valence electrons. The van der Waals surface area contributed by atoms with Gasteiger partial charge >= 0.3 is 0 Å². The summed E-state index contributed by atoms with van der Waals surface area (Å²) in [5.74, 6) is 0.167. The Bertz CT molecular complexity index is 587. The minimum atomic E-state index is -0.0516. The number of pyridine rings is 1. The van der Waals surface area contributed by atoms with Crippen molar-refractivity contribution in [3.63, 3.8) is 0 Å². The number of ether oxygens (including phenoxy) is 1. The first-order chi connectivity index (χ1) is 9.31. The Morgan fingerprint density at radius 2 is 2.26 bits per heavy atom. The number of fused-ring (bicyclic) bond motifs is 1. The average molecular weight is 322 g/mol. The largest absolute Gasteiger partial charge is 0.396 e. The fraction of sp³-hybridized carbons (Fsp3) is 0.400. The number of aromatic nitrogens is 1. The maximum Gasteiger partial charge on any atom is 0.0895 e. The van der Waals surface area contributed by atoms with Crippen LogP contribution in [0.2, 0.25) is 0 Å². The van der Waals surface area contributed by atoms with Gasteiger partial charge in [0.05, 0.1) is 11.6 Å². The van der Waals surface area contributed by atoms with Crippen LogP contribution in [0.3, 0.4) is 0 Å².